The Morgan fingerprint density at radius 3 is 1.69 bits per heavy atom. The SMILES string of the molecule is CC(C)(C)OC(=O)CC[C@H](NC(=O)NCC[C@H](NC(=O)OC(C)(C)C)C(=O)O)C(=O)OC(C)(C)C. The molecule has 0 aliphatic carbocycles. The number of carbonyl (C=O) groups is 5. The van der Waals surface area contributed by atoms with Gasteiger partial charge in [-0.05, 0) is 75.2 Å². The second kappa shape index (κ2) is 13.1. The highest BCUT2D eigenvalue weighted by Gasteiger charge is 2.29. The number of carboxylic acids is 1. The normalized spacial score (nSPS) is 13.6. The lowest BCUT2D eigenvalue weighted by Crippen LogP contribution is -2.50. The molecule has 0 fully saturated rings. The molecule has 202 valence electrons. The lowest BCUT2D eigenvalue weighted by Gasteiger charge is -2.25. The van der Waals surface area contributed by atoms with Crippen molar-refractivity contribution in [3.63, 3.8) is 0 Å². The maximum Gasteiger partial charge on any atom is 0.408 e. The first-order valence-corrected chi connectivity index (χ1v) is 11.4. The minimum absolute atomic E-state index is 0.0603. The summed E-state index contributed by atoms with van der Waals surface area (Å²) in [5.74, 6) is -2.57. The van der Waals surface area contributed by atoms with Crippen molar-refractivity contribution >= 4 is 30.0 Å². The second-order valence-electron chi connectivity index (χ2n) is 10.9. The van der Waals surface area contributed by atoms with Crippen LogP contribution in [0.15, 0.2) is 0 Å². The molecule has 0 aromatic rings. The monoisotopic (exact) mass is 503 g/mol. The number of nitrogens with one attached hydrogen (secondary N) is 3. The summed E-state index contributed by atoms with van der Waals surface area (Å²) >= 11 is 0. The van der Waals surface area contributed by atoms with Crippen molar-refractivity contribution < 1.29 is 43.3 Å². The Balaban J connectivity index is 4.98. The molecule has 0 aliphatic heterocycles. The molecular formula is C23H41N3O9. The van der Waals surface area contributed by atoms with Crippen LogP contribution >= 0.6 is 0 Å². The third kappa shape index (κ3) is 17.1. The smallest absolute Gasteiger partial charge is 0.408 e. The van der Waals surface area contributed by atoms with Crippen LogP contribution in [-0.4, -0.2) is 70.6 Å². The summed E-state index contributed by atoms with van der Waals surface area (Å²) in [7, 11) is 0. The Morgan fingerprint density at radius 1 is 0.714 bits per heavy atom. The van der Waals surface area contributed by atoms with Crippen molar-refractivity contribution in [2.24, 2.45) is 0 Å². The van der Waals surface area contributed by atoms with Gasteiger partial charge in [-0.15, -0.1) is 0 Å². The fourth-order valence-corrected chi connectivity index (χ4v) is 2.52. The minimum atomic E-state index is -1.31. The molecule has 0 heterocycles. The van der Waals surface area contributed by atoms with Gasteiger partial charge in [0.05, 0.1) is 0 Å². The van der Waals surface area contributed by atoms with Gasteiger partial charge in [-0.25, -0.2) is 19.2 Å². The third-order valence-electron chi connectivity index (χ3n) is 3.76. The molecule has 0 rings (SSSR count). The van der Waals surface area contributed by atoms with Gasteiger partial charge in [0.25, 0.3) is 0 Å². The van der Waals surface area contributed by atoms with Crippen molar-refractivity contribution in [1.29, 1.82) is 0 Å². The van der Waals surface area contributed by atoms with E-state index < -0.39 is 58.9 Å². The number of carboxylic acid groups (broad SMARTS) is 1. The van der Waals surface area contributed by atoms with E-state index in [9.17, 15) is 29.1 Å². The Morgan fingerprint density at radius 2 is 1.23 bits per heavy atom. The molecular weight excluding hydrogens is 462 g/mol. The van der Waals surface area contributed by atoms with E-state index >= 15 is 0 Å². The zero-order chi connectivity index (χ0) is 27.6. The fraction of sp³-hybridized carbons (Fsp3) is 0.783. The number of amides is 3. The summed E-state index contributed by atoms with van der Waals surface area (Å²) < 4.78 is 15.6. The average molecular weight is 504 g/mol. The summed E-state index contributed by atoms with van der Waals surface area (Å²) in [6, 6.07) is -3.22. The summed E-state index contributed by atoms with van der Waals surface area (Å²) in [4.78, 5) is 60.2. The molecule has 0 saturated carbocycles. The van der Waals surface area contributed by atoms with Gasteiger partial charge >= 0.3 is 30.0 Å². The summed E-state index contributed by atoms with van der Waals surface area (Å²) in [6.07, 6.45) is -1.24. The van der Waals surface area contributed by atoms with Crippen molar-refractivity contribution in [2.75, 3.05) is 6.54 Å². The molecule has 0 saturated heterocycles. The lowest BCUT2D eigenvalue weighted by molar-refractivity contribution is -0.158. The number of carbonyl (C=O) groups excluding carboxylic acids is 4. The molecule has 0 radical (unpaired) electrons. The molecule has 0 aliphatic rings. The van der Waals surface area contributed by atoms with Gasteiger partial charge in [-0.2, -0.15) is 0 Å². The van der Waals surface area contributed by atoms with Crippen molar-refractivity contribution in [1.82, 2.24) is 16.0 Å². The van der Waals surface area contributed by atoms with Gasteiger partial charge < -0.3 is 35.3 Å². The van der Waals surface area contributed by atoms with E-state index in [-0.39, 0.29) is 25.8 Å². The van der Waals surface area contributed by atoms with E-state index in [1.54, 1.807) is 62.3 Å². The zero-order valence-electron chi connectivity index (χ0n) is 22.2. The predicted octanol–water partition coefficient (Wildman–Crippen LogP) is 2.49. The Kier molecular flexibility index (Phi) is 12.0. The first-order valence-electron chi connectivity index (χ1n) is 11.4. The van der Waals surface area contributed by atoms with E-state index in [2.05, 4.69) is 16.0 Å². The molecule has 0 aromatic heterocycles. The van der Waals surface area contributed by atoms with E-state index in [1.807, 2.05) is 0 Å². The summed E-state index contributed by atoms with van der Waals surface area (Å²) in [5.41, 5.74) is -2.32. The maximum absolute atomic E-state index is 12.5. The van der Waals surface area contributed by atoms with E-state index in [0.29, 0.717) is 0 Å². The highest BCUT2D eigenvalue weighted by Crippen LogP contribution is 2.13. The molecule has 12 nitrogen and oxygen atoms in total. The molecule has 12 heteroatoms. The van der Waals surface area contributed by atoms with Crippen LogP contribution in [0.1, 0.15) is 81.6 Å². The van der Waals surface area contributed by atoms with Crippen LogP contribution in [0.3, 0.4) is 0 Å². The second-order valence-corrected chi connectivity index (χ2v) is 10.9. The summed E-state index contributed by atoms with van der Waals surface area (Å²) in [5, 5.41) is 16.4. The molecule has 0 unspecified atom stereocenters. The van der Waals surface area contributed by atoms with Crippen LogP contribution in [-0.2, 0) is 28.6 Å². The lowest BCUT2D eigenvalue weighted by atomic mass is 10.1. The predicted molar refractivity (Wildman–Crippen MR) is 127 cm³/mol. The van der Waals surface area contributed by atoms with Crippen molar-refractivity contribution in [2.45, 2.75) is 110 Å². The fourth-order valence-electron chi connectivity index (χ4n) is 2.52. The van der Waals surface area contributed by atoms with Gasteiger partial charge in [-0.3, -0.25) is 4.79 Å². The Bertz CT molecular complexity index is 762. The number of alkyl carbamates (subject to hydrolysis) is 1. The molecule has 0 spiro atoms. The highest BCUT2D eigenvalue weighted by atomic mass is 16.6. The first kappa shape index (κ1) is 31.9. The van der Waals surface area contributed by atoms with E-state index in [0.717, 1.165) is 0 Å². The van der Waals surface area contributed by atoms with Gasteiger partial charge in [0.1, 0.15) is 28.9 Å². The Hall–Kier alpha value is -3.05. The molecule has 0 bridgehead atoms. The summed E-state index contributed by atoms with van der Waals surface area (Å²) in [6.45, 7) is 14.9. The minimum Gasteiger partial charge on any atom is -0.480 e. The third-order valence-corrected chi connectivity index (χ3v) is 3.76. The average Bonchev–Trinajstić information content (AvgIpc) is 2.59. The molecule has 2 atom stereocenters. The number of hydrogen-bond donors (Lipinski definition) is 4. The van der Waals surface area contributed by atoms with Crippen molar-refractivity contribution in [3.8, 4) is 0 Å². The van der Waals surface area contributed by atoms with Crippen LogP contribution in [0.2, 0.25) is 0 Å². The van der Waals surface area contributed by atoms with Crippen LogP contribution in [0.25, 0.3) is 0 Å². The molecule has 4 N–H and O–H groups in total. The Labute approximate surface area is 206 Å². The highest BCUT2D eigenvalue weighted by molar-refractivity contribution is 5.84. The maximum atomic E-state index is 12.5. The van der Waals surface area contributed by atoms with Crippen LogP contribution in [0, 0.1) is 0 Å². The van der Waals surface area contributed by atoms with Crippen LogP contribution in [0.4, 0.5) is 9.59 Å². The zero-order valence-corrected chi connectivity index (χ0v) is 22.2. The number of urea groups is 1. The topological polar surface area (TPSA) is 169 Å². The van der Waals surface area contributed by atoms with Gasteiger partial charge in [-0.1, -0.05) is 0 Å². The molecule has 0 aromatic carbocycles. The number of ether oxygens (including phenoxy) is 3. The number of esters is 2. The molecule has 3 amide bonds. The first-order chi connectivity index (χ1) is 15.7. The van der Waals surface area contributed by atoms with Gasteiger partial charge in [0.15, 0.2) is 0 Å². The van der Waals surface area contributed by atoms with E-state index in [1.165, 1.54) is 0 Å². The largest absolute Gasteiger partial charge is 0.480 e. The number of aliphatic carboxylic acids is 1. The van der Waals surface area contributed by atoms with E-state index in [4.69, 9.17) is 14.2 Å². The quantitative estimate of drug-likeness (QED) is 0.258. The van der Waals surface area contributed by atoms with Crippen LogP contribution in [0.5, 0.6) is 0 Å². The van der Waals surface area contributed by atoms with Gasteiger partial charge in [0, 0.05) is 13.0 Å². The van der Waals surface area contributed by atoms with Crippen LogP contribution < -0.4 is 16.0 Å². The number of rotatable bonds is 10. The molecule has 35 heavy (non-hydrogen) atoms. The van der Waals surface area contributed by atoms with Gasteiger partial charge in [0.2, 0.25) is 0 Å². The van der Waals surface area contributed by atoms with Crippen molar-refractivity contribution in [3.05, 3.63) is 0 Å². The standard InChI is InChI=1S/C23H41N3O9/c1-21(2,3)33-16(27)11-10-15(18(30)34-22(4,5)6)25-19(31)24-13-12-14(17(28)29)26-20(32)35-23(7,8)9/h14-15H,10-13H2,1-9H3,(H,26,32)(H,28,29)(H2,24,25,31)/t14-,15-/m0/s1. The number of hydrogen-bond acceptors (Lipinski definition) is 8.